The number of carbonyl (C=O) groups excluding carboxylic acids is 1. The highest BCUT2D eigenvalue weighted by atomic mass is 32.2. The van der Waals surface area contributed by atoms with Gasteiger partial charge < -0.3 is 10.4 Å². The van der Waals surface area contributed by atoms with Gasteiger partial charge in [-0.05, 0) is 53.8 Å². The first-order chi connectivity index (χ1) is 16.0. The van der Waals surface area contributed by atoms with Crippen LogP contribution in [0.3, 0.4) is 0 Å². The van der Waals surface area contributed by atoms with Crippen molar-refractivity contribution < 1.29 is 14.7 Å². The summed E-state index contributed by atoms with van der Waals surface area (Å²) in [5, 5.41) is 18.8. The minimum Gasteiger partial charge on any atom is -0.480 e. The van der Waals surface area contributed by atoms with Crippen molar-refractivity contribution in [2.45, 2.75) is 25.8 Å². The highest BCUT2D eigenvalue weighted by molar-refractivity contribution is 7.99. The second-order valence-corrected chi connectivity index (χ2v) is 9.56. The fourth-order valence-electron chi connectivity index (χ4n) is 4.42. The van der Waals surface area contributed by atoms with Crippen molar-refractivity contribution in [3.8, 4) is 0 Å². The normalized spacial score (nSPS) is 18.8. The van der Waals surface area contributed by atoms with Gasteiger partial charge in [0.25, 0.3) is 5.91 Å². The second-order valence-electron chi connectivity index (χ2n) is 8.34. The van der Waals surface area contributed by atoms with E-state index in [0.29, 0.717) is 12.1 Å². The zero-order chi connectivity index (χ0) is 23.2. The molecule has 0 aromatic heterocycles. The number of hydrogen-bond acceptors (Lipinski definition) is 6. The van der Waals surface area contributed by atoms with Gasteiger partial charge in [0.1, 0.15) is 0 Å². The Balaban J connectivity index is 1.39. The lowest BCUT2D eigenvalue weighted by Crippen LogP contribution is -2.38. The quantitative estimate of drug-likeness (QED) is 0.605. The van der Waals surface area contributed by atoms with Gasteiger partial charge in [0.15, 0.2) is 0 Å². The van der Waals surface area contributed by atoms with Crippen molar-refractivity contribution in [3.63, 3.8) is 0 Å². The molecule has 2 aliphatic rings. The Morgan fingerprint density at radius 2 is 1.91 bits per heavy atom. The van der Waals surface area contributed by atoms with Crippen LogP contribution in [0.25, 0.3) is 0 Å². The number of rotatable bonds is 7. The van der Waals surface area contributed by atoms with Crippen LogP contribution >= 0.6 is 11.8 Å². The van der Waals surface area contributed by atoms with Gasteiger partial charge in [0, 0.05) is 48.4 Å². The Morgan fingerprint density at radius 1 is 1.15 bits per heavy atom. The molecule has 8 heteroatoms. The number of hydrogen-bond donors (Lipinski definition) is 2. The molecule has 0 bridgehead atoms. The molecule has 2 aliphatic heterocycles. The molecule has 1 atom stereocenters. The number of nitrogens with zero attached hydrogens (tertiary/aromatic N) is 3. The Kier molecular flexibility index (Phi) is 7.67. The summed E-state index contributed by atoms with van der Waals surface area (Å²) in [4.78, 5) is 26.0. The SMILES string of the molecule is CCC1c2ccc(C(=O)Nc3ccc(C=NN4CCSCC4)cc3)cc2CCN1CC(=O)O. The zero-order valence-electron chi connectivity index (χ0n) is 18.9. The monoisotopic (exact) mass is 466 g/mol. The van der Waals surface area contributed by atoms with Crippen molar-refractivity contribution >= 4 is 35.5 Å². The molecule has 2 aromatic carbocycles. The van der Waals surface area contributed by atoms with Crippen molar-refractivity contribution in [2.24, 2.45) is 5.10 Å². The summed E-state index contributed by atoms with van der Waals surface area (Å²) in [5.74, 6) is 1.27. The van der Waals surface area contributed by atoms with Crippen LogP contribution in [0.2, 0.25) is 0 Å². The number of amides is 1. The first-order valence-electron chi connectivity index (χ1n) is 11.4. The average Bonchev–Trinajstić information content (AvgIpc) is 2.83. The third kappa shape index (κ3) is 5.94. The van der Waals surface area contributed by atoms with Crippen molar-refractivity contribution in [3.05, 3.63) is 64.7 Å². The molecular formula is C25H30N4O3S. The number of carboxylic acid groups (broad SMARTS) is 1. The summed E-state index contributed by atoms with van der Waals surface area (Å²) in [5.41, 5.74) is 4.60. The number of thioether (sulfide) groups is 1. The first-order valence-corrected chi connectivity index (χ1v) is 12.6. The molecule has 2 N–H and O–H groups in total. The minimum atomic E-state index is -0.809. The maximum atomic E-state index is 12.8. The third-order valence-electron chi connectivity index (χ3n) is 6.12. The molecule has 0 saturated carbocycles. The highest BCUT2D eigenvalue weighted by Crippen LogP contribution is 2.32. The summed E-state index contributed by atoms with van der Waals surface area (Å²) in [6, 6.07) is 13.5. The van der Waals surface area contributed by atoms with Gasteiger partial charge in [-0.25, -0.2) is 0 Å². The predicted molar refractivity (Wildman–Crippen MR) is 133 cm³/mol. The number of fused-ring (bicyclic) bond motifs is 1. The van der Waals surface area contributed by atoms with E-state index >= 15 is 0 Å². The number of nitrogens with one attached hydrogen (secondary N) is 1. The van der Waals surface area contributed by atoms with E-state index in [0.717, 1.165) is 59.8 Å². The van der Waals surface area contributed by atoms with E-state index < -0.39 is 5.97 Å². The number of aliphatic carboxylic acids is 1. The Labute approximate surface area is 198 Å². The van der Waals surface area contributed by atoms with Crippen molar-refractivity contribution in [1.29, 1.82) is 0 Å². The lowest BCUT2D eigenvalue weighted by atomic mass is 9.89. The maximum Gasteiger partial charge on any atom is 0.317 e. The van der Waals surface area contributed by atoms with Crippen LogP contribution in [0.5, 0.6) is 0 Å². The summed E-state index contributed by atoms with van der Waals surface area (Å²) in [7, 11) is 0. The van der Waals surface area contributed by atoms with Crippen LogP contribution in [-0.2, 0) is 11.2 Å². The van der Waals surface area contributed by atoms with Gasteiger partial charge in [-0.1, -0.05) is 25.1 Å². The Morgan fingerprint density at radius 3 is 2.61 bits per heavy atom. The standard InChI is InChI=1S/C25H30N4O3S/c1-2-23-22-8-5-20(15-19(22)9-10-28(23)17-24(30)31)25(32)27-21-6-3-18(4-7-21)16-26-29-11-13-33-14-12-29/h3-8,15-16,23H,2,9-14,17H2,1H3,(H,27,32)(H,30,31). The fraction of sp³-hybridized carbons (Fsp3) is 0.400. The molecule has 0 aliphatic carbocycles. The summed E-state index contributed by atoms with van der Waals surface area (Å²) in [6.07, 6.45) is 3.44. The third-order valence-corrected chi connectivity index (χ3v) is 7.07. The molecule has 0 radical (unpaired) electrons. The molecule has 1 unspecified atom stereocenters. The van der Waals surface area contributed by atoms with Crippen molar-refractivity contribution in [2.75, 3.05) is 43.0 Å². The molecule has 1 amide bonds. The second kappa shape index (κ2) is 10.9. The maximum absolute atomic E-state index is 12.8. The minimum absolute atomic E-state index is 0.0397. The predicted octanol–water partition coefficient (Wildman–Crippen LogP) is 3.72. The van der Waals surface area contributed by atoms with Gasteiger partial charge in [0.05, 0.1) is 12.8 Å². The van der Waals surface area contributed by atoms with E-state index in [9.17, 15) is 14.7 Å². The van der Waals surface area contributed by atoms with E-state index in [1.54, 1.807) is 0 Å². The lowest BCUT2D eigenvalue weighted by molar-refractivity contribution is -0.139. The van der Waals surface area contributed by atoms with Gasteiger partial charge in [0.2, 0.25) is 0 Å². The van der Waals surface area contributed by atoms with E-state index in [4.69, 9.17) is 0 Å². The van der Waals surface area contributed by atoms with Crippen molar-refractivity contribution in [1.82, 2.24) is 9.91 Å². The number of carboxylic acids is 1. The van der Waals surface area contributed by atoms with Crippen LogP contribution in [0, 0.1) is 0 Å². The van der Waals surface area contributed by atoms with E-state index in [-0.39, 0.29) is 18.5 Å². The Bertz CT molecular complexity index is 1020. The molecule has 4 rings (SSSR count). The lowest BCUT2D eigenvalue weighted by Gasteiger charge is -2.36. The molecule has 2 heterocycles. The highest BCUT2D eigenvalue weighted by Gasteiger charge is 2.28. The molecular weight excluding hydrogens is 436 g/mol. The van der Waals surface area contributed by atoms with E-state index in [1.165, 1.54) is 0 Å². The largest absolute Gasteiger partial charge is 0.480 e. The topological polar surface area (TPSA) is 85.2 Å². The first kappa shape index (κ1) is 23.3. The van der Waals surface area contributed by atoms with Gasteiger partial charge >= 0.3 is 5.97 Å². The van der Waals surface area contributed by atoms with Gasteiger partial charge in [-0.3, -0.25) is 19.5 Å². The average molecular weight is 467 g/mol. The fourth-order valence-corrected chi connectivity index (χ4v) is 5.30. The number of anilines is 1. The molecule has 174 valence electrons. The molecule has 2 aromatic rings. The molecule has 1 saturated heterocycles. The smallest absolute Gasteiger partial charge is 0.317 e. The number of hydrazone groups is 1. The van der Waals surface area contributed by atoms with Crippen LogP contribution in [0.1, 0.15) is 46.4 Å². The zero-order valence-corrected chi connectivity index (χ0v) is 19.7. The van der Waals surface area contributed by atoms with Crippen LogP contribution in [0.4, 0.5) is 5.69 Å². The van der Waals surface area contributed by atoms with Crippen LogP contribution in [-0.4, -0.2) is 70.8 Å². The van der Waals surface area contributed by atoms with Gasteiger partial charge in [-0.15, -0.1) is 0 Å². The molecule has 7 nitrogen and oxygen atoms in total. The molecule has 0 spiro atoms. The number of benzene rings is 2. The summed E-state index contributed by atoms with van der Waals surface area (Å²) < 4.78 is 0. The molecule has 33 heavy (non-hydrogen) atoms. The van der Waals surface area contributed by atoms with E-state index in [2.05, 4.69) is 22.4 Å². The Hall–Kier alpha value is -2.84. The molecule has 1 fully saturated rings. The number of carbonyl (C=O) groups is 2. The van der Waals surface area contributed by atoms with E-state index in [1.807, 2.05) is 65.3 Å². The summed E-state index contributed by atoms with van der Waals surface area (Å²) in [6.45, 7) is 4.74. The van der Waals surface area contributed by atoms with Crippen LogP contribution < -0.4 is 5.32 Å². The van der Waals surface area contributed by atoms with Gasteiger partial charge in [-0.2, -0.15) is 16.9 Å². The van der Waals surface area contributed by atoms with Crippen LogP contribution in [0.15, 0.2) is 47.6 Å². The summed E-state index contributed by atoms with van der Waals surface area (Å²) >= 11 is 1.96.